The molecule has 3 nitrogen and oxygen atoms in total. The molecule has 0 spiro atoms. The molecule has 1 aromatic rings. The fourth-order valence-electron chi connectivity index (χ4n) is 0.439. The predicted molar refractivity (Wildman–Crippen MR) is 41.2 cm³/mol. The van der Waals surface area contributed by atoms with Crippen molar-refractivity contribution in [3.8, 4) is 0 Å². The van der Waals surface area contributed by atoms with Gasteiger partial charge >= 0.3 is 0 Å². The minimum Gasteiger partial charge on any atom is -0.325 e. The monoisotopic (exact) mass is 137 g/mol. The van der Waals surface area contributed by atoms with Crippen LogP contribution in [0.15, 0.2) is 31.7 Å². The summed E-state index contributed by atoms with van der Waals surface area (Å²) < 4.78 is 0. The van der Waals surface area contributed by atoms with Crippen molar-refractivity contribution in [3.05, 3.63) is 37.4 Å². The molecule has 0 atom stereocenters. The third-order valence-corrected chi connectivity index (χ3v) is 0.852. The second-order valence-electron chi connectivity index (χ2n) is 1.40. The van der Waals surface area contributed by atoms with Crippen LogP contribution in [0.2, 0.25) is 0 Å². The van der Waals surface area contributed by atoms with E-state index < -0.39 is 0 Å². The van der Waals surface area contributed by atoms with Crippen molar-refractivity contribution >= 4 is 0 Å². The molecule has 2 N–H and O–H groups in total. The second kappa shape index (κ2) is 5.91. The molecular weight excluding hydrogens is 126 g/mol. The zero-order chi connectivity index (χ0) is 7.82. The summed E-state index contributed by atoms with van der Waals surface area (Å²) in [6, 6.07) is 1.79. The molecule has 1 rings (SSSR count). The van der Waals surface area contributed by atoms with Crippen LogP contribution >= 0.6 is 0 Å². The maximum Gasteiger partial charge on any atom is 0.115 e. The quantitative estimate of drug-likeness (QED) is 0.581. The van der Waals surface area contributed by atoms with E-state index in [0.717, 1.165) is 5.69 Å². The van der Waals surface area contributed by atoms with Gasteiger partial charge in [0.2, 0.25) is 0 Å². The van der Waals surface area contributed by atoms with E-state index in [9.17, 15) is 0 Å². The van der Waals surface area contributed by atoms with Crippen LogP contribution < -0.4 is 5.73 Å². The smallest absolute Gasteiger partial charge is 0.115 e. The molecule has 0 aliphatic rings. The highest BCUT2D eigenvalue weighted by atomic mass is 14.8. The van der Waals surface area contributed by atoms with Crippen LogP contribution in [0.4, 0.5) is 0 Å². The number of nitrogens with two attached hydrogens (primary N) is 1. The third kappa shape index (κ3) is 2.94. The van der Waals surface area contributed by atoms with E-state index in [4.69, 9.17) is 5.73 Å². The summed E-state index contributed by atoms with van der Waals surface area (Å²) in [5.41, 5.74) is 6.13. The number of hydrogen-bond donors (Lipinski definition) is 1. The fraction of sp³-hybridized carbons (Fsp3) is 0.143. The highest BCUT2D eigenvalue weighted by Gasteiger charge is 1.82. The van der Waals surface area contributed by atoms with Crippen LogP contribution in [-0.2, 0) is 6.54 Å². The van der Waals surface area contributed by atoms with Crippen LogP contribution in [0.1, 0.15) is 5.69 Å². The lowest BCUT2D eigenvalue weighted by Gasteiger charge is -1.88. The Bertz CT molecular complexity index is 162. The minimum absolute atomic E-state index is 0.489. The first-order valence-electron chi connectivity index (χ1n) is 2.88. The molecule has 0 unspecified atom stereocenters. The maximum atomic E-state index is 5.26. The number of nitrogens with zero attached hydrogens (tertiary/aromatic N) is 2. The topological polar surface area (TPSA) is 51.8 Å². The van der Waals surface area contributed by atoms with Crippen molar-refractivity contribution < 1.29 is 0 Å². The van der Waals surface area contributed by atoms with Gasteiger partial charge in [0.1, 0.15) is 6.33 Å². The molecule has 54 valence electrons. The molecule has 10 heavy (non-hydrogen) atoms. The maximum absolute atomic E-state index is 5.26. The average molecular weight is 137 g/mol. The Morgan fingerprint density at radius 1 is 1.50 bits per heavy atom. The normalized spacial score (nSPS) is 7.70. The summed E-state index contributed by atoms with van der Waals surface area (Å²) in [4.78, 5) is 7.59. The minimum atomic E-state index is 0.489. The van der Waals surface area contributed by atoms with E-state index in [-0.39, 0.29) is 0 Å². The molecule has 1 aromatic heterocycles. The molecule has 0 aliphatic carbocycles. The molecule has 0 bridgehead atoms. The van der Waals surface area contributed by atoms with Crippen LogP contribution in [0.25, 0.3) is 0 Å². The van der Waals surface area contributed by atoms with Crippen LogP contribution in [-0.4, -0.2) is 9.97 Å². The van der Waals surface area contributed by atoms with Gasteiger partial charge in [-0.05, 0) is 6.07 Å². The molecule has 3 heteroatoms. The molecule has 0 aromatic carbocycles. The van der Waals surface area contributed by atoms with E-state index in [2.05, 4.69) is 23.1 Å². The van der Waals surface area contributed by atoms with Crippen LogP contribution in [0.5, 0.6) is 0 Å². The van der Waals surface area contributed by atoms with Gasteiger partial charge in [0, 0.05) is 12.7 Å². The van der Waals surface area contributed by atoms with Gasteiger partial charge in [-0.15, -0.1) is 13.2 Å². The lowest BCUT2D eigenvalue weighted by molar-refractivity contribution is 0.964. The number of hydrogen-bond acceptors (Lipinski definition) is 3. The summed E-state index contributed by atoms with van der Waals surface area (Å²) in [5.74, 6) is 0. The molecule has 0 aliphatic heterocycles. The van der Waals surface area contributed by atoms with Crippen LogP contribution in [0, 0.1) is 0 Å². The van der Waals surface area contributed by atoms with Crippen molar-refractivity contribution in [2.24, 2.45) is 5.73 Å². The number of rotatable bonds is 1. The third-order valence-electron chi connectivity index (χ3n) is 0.852. The first kappa shape index (κ1) is 8.78. The molecule has 1 heterocycles. The van der Waals surface area contributed by atoms with Gasteiger partial charge < -0.3 is 5.73 Å². The summed E-state index contributed by atoms with van der Waals surface area (Å²) >= 11 is 0. The standard InChI is InChI=1S/C5H7N3.C2H4/c6-3-5-1-2-7-4-8-5;1-2/h1-2,4H,3,6H2;1-2H2. The van der Waals surface area contributed by atoms with Crippen molar-refractivity contribution in [2.45, 2.75) is 6.54 Å². The molecule has 0 saturated heterocycles. The first-order valence-corrected chi connectivity index (χ1v) is 2.88. The predicted octanol–water partition coefficient (Wildman–Crippen LogP) is 0.738. The molecule has 0 radical (unpaired) electrons. The largest absolute Gasteiger partial charge is 0.325 e. The van der Waals surface area contributed by atoms with Gasteiger partial charge in [0.05, 0.1) is 5.69 Å². The van der Waals surface area contributed by atoms with Crippen molar-refractivity contribution in [1.82, 2.24) is 9.97 Å². The summed E-state index contributed by atoms with van der Waals surface area (Å²) in [7, 11) is 0. The zero-order valence-electron chi connectivity index (χ0n) is 5.83. The highest BCUT2D eigenvalue weighted by molar-refractivity contribution is 4.95. The van der Waals surface area contributed by atoms with Gasteiger partial charge in [0.15, 0.2) is 0 Å². The Labute approximate surface area is 60.6 Å². The Morgan fingerprint density at radius 2 is 2.20 bits per heavy atom. The van der Waals surface area contributed by atoms with E-state index in [1.807, 2.05) is 0 Å². The Hall–Kier alpha value is -1.22. The van der Waals surface area contributed by atoms with Gasteiger partial charge in [-0.2, -0.15) is 0 Å². The van der Waals surface area contributed by atoms with E-state index >= 15 is 0 Å². The van der Waals surface area contributed by atoms with Crippen molar-refractivity contribution in [3.63, 3.8) is 0 Å². The lowest BCUT2D eigenvalue weighted by atomic mass is 10.4. The highest BCUT2D eigenvalue weighted by Crippen LogP contribution is 1.84. The lowest BCUT2D eigenvalue weighted by Crippen LogP contribution is -1.98. The van der Waals surface area contributed by atoms with Crippen LogP contribution in [0.3, 0.4) is 0 Å². The van der Waals surface area contributed by atoms with Gasteiger partial charge in [-0.1, -0.05) is 0 Å². The van der Waals surface area contributed by atoms with E-state index in [1.54, 1.807) is 12.3 Å². The van der Waals surface area contributed by atoms with Crippen molar-refractivity contribution in [1.29, 1.82) is 0 Å². The van der Waals surface area contributed by atoms with E-state index in [1.165, 1.54) is 6.33 Å². The second-order valence-corrected chi connectivity index (χ2v) is 1.40. The summed E-state index contributed by atoms with van der Waals surface area (Å²) in [6.07, 6.45) is 3.16. The fourth-order valence-corrected chi connectivity index (χ4v) is 0.439. The molecule has 0 fully saturated rings. The van der Waals surface area contributed by atoms with Gasteiger partial charge in [-0.25, -0.2) is 9.97 Å². The molecule has 0 amide bonds. The average Bonchev–Trinajstić information content (AvgIpc) is 2.10. The summed E-state index contributed by atoms with van der Waals surface area (Å²) in [5, 5.41) is 0. The zero-order valence-corrected chi connectivity index (χ0v) is 5.83. The Kier molecular flexibility index (Phi) is 5.19. The summed E-state index contributed by atoms with van der Waals surface area (Å²) in [6.45, 7) is 6.49. The first-order chi connectivity index (χ1) is 4.93. The Balaban J connectivity index is 0.000000371. The molecular formula is C7H11N3. The SMILES string of the molecule is C=C.NCc1ccncn1. The molecule has 0 saturated carbocycles. The Morgan fingerprint density at radius 3 is 2.50 bits per heavy atom. The number of aromatic nitrogens is 2. The van der Waals surface area contributed by atoms with Gasteiger partial charge in [-0.3, -0.25) is 0 Å². The van der Waals surface area contributed by atoms with Gasteiger partial charge in [0.25, 0.3) is 0 Å². The van der Waals surface area contributed by atoms with E-state index in [0.29, 0.717) is 6.54 Å². The van der Waals surface area contributed by atoms with Crippen molar-refractivity contribution in [2.75, 3.05) is 0 Å².